The van der Waals surface area contributed by atoms with E-state index in [4.69, 9.17) is 15.2 Å². The van der Waals surface area contributed by atoms with Crippen molar-refractivity contribution >= 4 is 11.7 Å². The third-order valence-corrected chi connectivity index (χ3v) is 5.84. The minimum Gasteiger partial charge on any atom is -0.504 e. The van der Waals surface area contributed by atoms with E-state index in [9.17, 15) is 9.90 Å². The zero-order chi connectivity index (χ0) is 24.2. The number of likely N-dealkylation sites (tertiary alicyclic amines) is 1. The molecule has 9 nitrogen and oxygen atoms in total. The molecule has 0 saturated carbocycles. The normalized spacial score (nSPS) is 14.3. The van der Waals surface area contributed by atoms with E-state index in [2.05, 4.69) is 15.2 Å². The van der Waals surface area contributed by atoms with Crippen LogP contribution in [0.5, 0.6) is 17.2 Å². The fraction of sp³-hybridized carbons (Fsp3) is 0.360. The molecule has 0 aliphatic carbocycles. The molecular formula is C25H29N5O4. The van der Waals surface area contributed by atoms with Crippen LogP contribution in [0.2, 0.25) is 0 Å². The lowest BCUT2D eigenvalue weighted by Gasteiger charge is -2.31. The number of ether oxygens (including phenoxy) is 2. The molecule has 0 atom stereocenters. The molecular weight excluding hydrogens is 434 g/mol. The number of phenols is 1. The number of methoxy groups -OCH3 is 1. The van der Waals surface area contributed by atoms with E-state index < -0.39 is 0 Å². The number of carbonyl (C=O) groups is 1. The van der Waals surface area contributed by atoms with Gasteiger partial charge in [0.25, 0.3) is 5.91 Å². The zero-order valence-electron chi connectivity index (χ0n) is 19.6. The Morgan fingerprint density at radius 3 is 2.50 bits per heavy atom. The second kappa shape index (κ2) is 9.94. The van der Waals surface area contributed by atoms with E-state index in [1.54, 1.807) is 42.5 Å². The van der Waals surface area contributed by atoms with Crippen molar-refractivity contribution in [1.82, 2.24) is 20.1 Å². The van der Waals surface area contributed by atoms with Gasteiger partial charge < -0.3 is 25.2 Å². The molecule has 2 aromatic heterocycles. The Morgan fingerprint density at radius 2 is 1.88 bits per heavy atom. The number of nitrogens with zero attached hydrogens (tertiary/aromatic N) is 4. The van der Waals surface area contributed by atoms with Crippen LogP contribution in [0.1, 0.15) is 48.8 Å². The molecule has 1 aromatic carbocycles. The number of phenolic OH excluding ortho intramolecular Hbond substituents is 1. The number of carbonyl (C=O) groups excluding carboxylic acids is 1. The number of aromatic hydroxyl groups is 1. The first kappa shape index (κ1) is 23.3. The summed E-state index contributed by atoms with van der Waals surface area (Å²) in [5.41, 5.74) is 8.22. The Labute approximate surface area is 198 Å². The van der Waals surface area contributed by atoms with Gasteiger partial charge in [-0.3, -0.25) is 9.78 Å². The van der Waals surface area contributed by atoms with Crippen LogP contribution in [0.4, 0.5) is 5.82 Å². The van der Waals surface area contributed by atoms with Crippen molar-refractivity contribution in [3.8, 4) is 28.4 Å². The minimum atomic E-state index is -0.143. The number of aromatic nitrogens is 3. The number of rotatable bonds is 6. The molecule has 3 N–H and O–H groups in total. The molecule has 0 bridgehead atoms. The number of piperidine rings is 1. The number of pyridine rings is 1. The van der Waals surface area contributed by atoms with E-state index >= 15 is 0 Å². The van der Waals surface area contributed by atoms with Crippen molar-refractivity contribution in [1.29, 1.82) is 0 Å². The summed E-state index contributed by atoms with van der Waals surface area (Å²) in [4.78, 5) is 19.3. The predicted octanol–water partition coefficient (Wildman–Crippen LogP) is 3.64. The fourth-order valence-electron chi connectivity index (χ4n) is 4.09. The van der Waals surface area contributed by atoms with Gasteiger partial charge in [-0.15, -0.1) is 5.10 Å². The van der Waals surface area contributed by atoms with Gasteiger partial charge in [-0.2, -0.15) is 5.10 Å². The van der Waals surface area contributed by atoms with Gasteiger partial charge in [0.15, 0.2) is 11.5 Å². The molecule has 0 radical (unpaired) electrons. The number of nitrogen functional groups attached to an aromatic ring is 1. The smallest absolute Gasteiger partial charge is 0.272 e. The molecule has 4 rings (SSSR count). The summed E-state index contributed by atoms with van der Waals surface area (Å²) in [5.74, 6) is 1.44. The molecule has 1 fully saturated rings. The number of benzene rings is 1. The summed E-state index contributed by atoms with van der Waals surface area (Å²) in [6.07, 6.45) is 3.14. The topological polar surface area (TPSA) is 124 Å². The highest BCUT2D eigenvalue weighted by molar-refractivity contribution is 5.93. The van der Waals surface area contributed by atoms with Gasteiger partial charge in [0, 0.05) is 36.8 Å². The summed E-state index contributed by atoms with van der Waals surface area (Å²) in [6, 6.07) is 10.4. The zero-order valence-corrected chi connectivity index (χ0v) is 19.6. The molecule has 1 amide bonds. The first-order valence-electron chi connectivity index (χ1n) is 11.3. The lowest BCUT2D eigenvalue weighted by Crippen LogP contribution is -2.38. The van der Waals surface area contributed by atoms with Gasteiger partial charge in [0.1, 0.15) is 17.3 Å². The minimum absolute atomic E-state index is 0.0297. The Hall–Kier alpha value is -3.88. The van der Waals surface area contributed by atoms with Gasteiger partial charge in [0.2, 0.25) is 0 Å². The highest BCUT2D eigenvalue weighted by Crippen LogP contribution is 2.36. The summed E-state index contributed by atoms with van der Waals surface area (Å²) < 4.78 is 11.1. The van der Waals surface area contributed by atoms with Crippen LogP contribution in [-0.4, -0.2) is 57.4 Å². The highest BCUT2D eigenvalue weighted by atomic mass is 16.5. The molecule has 178 valence electrons. The van der Waals surface area contributed by atoms with Gasteiger partial charge in [-0.25, -0.2) is 0 Å². The number of anilines is 1. The van der Waals surface area contributed by atoms with Crippen LogP contribution in [-0.2, 0) is 0 Å². The van der Waals surface area contributed by atoms with E-state index in [1.807, 2.05) is 26.0 Å². The van der Waals surface area contributed by atoms with Crippen molar-refractivity contribution in [2.24, 2.45) is 0 Å². The van der Waals surface area contributed by atoms with Crippen LogP contribution in [0.3, 0.4) is 0 Å². The summed E-state index contributed by atoms with van der Waals surface area (Å²) in [7, 11) is 1.54. The van der Waals surface area contributed by atoms with E-state index in [1.165, 1.54) is 0 Å². The quantitative estimate of drug-likeness (QED) is 0.568. The maximum atomic E-state index is 13.1. The maximum absolute atomic E-state index is 13.1. The average molecular weight is 464 g/mol. The lowest BCUT2D eigenvalue weighted by atomic mass is 9.93. The fourth-order valence-corrected chi connectivity index (χ4v) is 4.09. The van der Waals surface area contributed by atoms with E-state index in [0.717, 1.165) is 18.5 Å². The van der Waals surface area contributed by atoms with Crippen LogP contribution < -0.4 is 15.2 Å². The summed E-state index contributed by atoms with van der Waals surface area (Å²) >= 11 is 0. The van der Waals surface area contributed by atoms with E-state index in [0.29, 0.717) is 47.2 Å². The van der Waals surface area contributed by atoms with Crippen LogP contribution in [0.15, 0.2) is 42.6 Å². The highest BCUT2D eigenvalue weighted by Gasteiger charge is 2.27. The van der Waals surface area contributed by atoms with Crippen molar-refractivity contribution in [2.75, 3.05) is 25.9 Å². The van der Waals surface area contributed by atoms with Crippen molar-refractivity contribution < 1.29 is 19.4 Å². The second-order valence-corrected chi connectivity index (χ2v) is 8.57. The molecule has 3 heterocycles. The number of hydrogen-bond donors (Lipinski definition) is 2. The molecule has 1 aliphatic rings. The van der Waals surface area contributed by atoms with Gasteiger partial charge in [0.05, 0.1) is 18.9 Å². The predicted molar refractivity (Wildman–Crippen MR) is 128 cm³/mol. The summed E-state index contributed by atoms with van der Waals surface area (Å²) in [5, 5.41) is 18.4. The summed E-state index contributed by atoms with van der Waals surface area (Å²) in [6.45, 7) is 4.99. The first-order chi connectivity index (χ1) is 16.4. The Morgan fingerprint density at radius 1 is 1.12 bits per heavy atom. The molecule has 0 spiro atoms. The number of hydrogen-bond acceptors (Lipinski definition) is 8. The van der Waals surface area contributed by atoms with Crippen molar-refractivity contribution in [3.05, 3.63) is 54.0 Å². The van der Waals surface area contributed by atoms with Gasteiger partial charge >= 0.3 is 0 Å². The van der Waals surface area contributed by atoms with E-state index in [-0.39, 0.29) is 23.7 Å². The molecule has 1 saturated heterocycles. The van der Waals surface area contributed by atoms with Gasteiger partial charge in [-0.1, -0.05) is 6.07 Å². The number of nitrogens with two attached hydrogens (primary N) is 1. The molecule has 9 heteroatoms. The van der Waals surface area contributed by atoms with Crippen molar-refractivity contribution in [2.45, 2.75) is 38.7 Å². The molecule has 0 unspecified atom stereocenters. The Kier molecular flexibility index (Phi) is 6.81. The van der Waals surface area contributed by atoms with Crippen molar-refractivity contribution in [3.63, 3.8) is 0 Å². The number of amides is 1. The van der Waals surface area contributed by atoms with Crippen LogP contribution in [0.25, 0.3) is 11.1 Å². The third kappa shape index (κ3) is 5.03. The third-order valence-electron chi connectivity index (χ3n) is 5.84. The Balaban J connectivity index is 1.48. The standard InChI is InChI=1S/C25H29N5O4/c1-15(2)34-22-6-4-17(12-21(22)31)18-14-27-20(13-23(18)33-3)25(32)30-10-8-16(9-11-30)19-5-7-24(26)29-28-19/h4-7,12-16,31H,8-11H2,1-3H3,(H2,26,29). The molecule has 1 aliphatic heterocycles. The SMILES string of the molecule is COc1cc(C(=O)N2CCC(c3ccc(N)nn3)CC2)ncc1-c1ccc(OC(C)C)c(O)c1. The maximum Gasteiger partial charge on any atom is 0.272 e. The van der Waals surface area contributed by atoms with Crippen LogP contribution >= 0.6 is 0 Å². The first-order valence-corrected chi connectivity index (χ1v) is 11.3. The second-order valence-electron chi connectivity index (χ2n) is 8.57. The monoisotopic (exact) mass is 463 g/mol. The average Bonchev–Trinajstić information content (AvgIpc) is 2.85. The Bertz CT molecular complexity index is 1160. The largest absolute Gasteiger partial charge is 0.504 e. The van der Waals surface area contributed by atoms with Crippen LogP contribution in [0, 0.1) is 0 Å². The van der Waals surface area contributed by atoms with Gasteiger partial charge in [-0.05, 0) is 56.5 Å². The molecule has 34 heavy (non-hydrogen) atoms. The lowest BCUT2D eigenvalue weighted by molar-refractivity contribution is 0.0705. The molecule has 3 aromatic rings.